The van der Waals surface area contributed by atoms with Crippen molar-refractivity contribution < 1.29 is 4.74 Å². The molecule has 17 heavy (non-hydrogen) atoms. The van der Waals surface area contributed by atoms with Crippen LogP contribution in [0.15, 0.2) is 24.8 Å². The van der Waals surface area contributed by atoms with Crippen LogP contribution in [0.1, 0.15) is 36.9 Å². The van der Waals surface area contributed by atoms with Crippen LogP contribution in [0.3, 0.4) is 0 Å². The zero-order chi connectivity index (χ0) is 12.7. The van der Waals surface area contributed by atoms with Crippen molar-refractivity contribution in [2.24, 2.45) is 0 Å². The Morgan fingerprint density at radius 3 is 2.71 bits per heavy atom. The van der Waals surface area contributed by atoms with Gasteiger partial charge in [-0.2, -0.15) is 0 Å². The van der Waals surface area contributed by atoms with Crippen molar-refractivity contribution in [2.45, 2.75) is 45.9 Å². The third-order valence-corrected chi connectivity index (χ3v) is 3.28. The second-order valence-corrected chi connectivity index (χ2v) is 6.35. The first kappa shape index (κ1) is 14.4. The van der Waals surface area contributed by atoms with Gasteiger partial charge in [0.25, 0.3) is 0 Å². The zero-order valence-corrected chi connectivity index (χ0v) is 11.9. The second-order valence-electron chi connectivity index (χ2n) is 5.10. The van der Waals surface area contributed by atoms with Gasteiger partial charge in [-0.25, -0.2) is 0 Å². The highest BCUT2D eigenvalue weighted by molar-refractivity contribution is 7.11. The molecule has 0 amide bonds. The lowest BCUT2D eigenvalue weighted by Gasteiger charge is -2.19. The molecule has 0 aliphatic carbocycles. The molecule has 0 aliphatic rings. The van der Waals surface area contributed by atoms with E-state index in [9.17, 15) is 0 Å². The average molecular weight is 253 g/mol. The van der Waals surface area contributed by atoms with E-state index in [0.717, 1.165) is 19.6 Å². The summed E-state index contributed by atoms with van der Waals surface area (Å²) in [7, 11) is 0. The summed E-state index contributed by atoms with van der Waals surface area (Å²) >= 11 is 1.82. The summed E-state index contributed by atoms with van der Waals surface area (Å²) < 4.78 is 5.54. The predicted molar refractivity (Wildman–Crippen MR) is 75.4 cm³/mol. The van der Waals surface area contributed by atoms with E-state index >= 15 is 0 Å². The molecule has 1 N–H and O–H groups in total. The van der Waals surface area contributed by atoms with Gasteiger partial charge >= 0.3 is 0 Å². The smallest absolute Gasteiger partial charge is 0.0809 e. The lowest BCUT2D eigenvalue weighted by Crippen LogP contribution is -2.34. The van der Waals surface area contributed by atoms with E-state index in [1.165, 1.54) is 9.75 Å². The molecule has 0 spiro atoms. The maximum Gasteiger partial charge on any atom is 0.0809 e. The van der Waals surface area contributed by atoms with Crippen LogP contribution < -0.4 is 5.32 Å². The van der Waals surface area contributed by atoms with E-state index in [2.05, 4.69) is 44.8 Å². The second kappa shape index (κ2) is 6.94. The van der Waals surface area contributed by atoms with Crippen molar-refractivity contribution in [2.75, 3.05) is 6.61 Å². The van der Waals surface area contributed by atoms with Gasteiger partial charge in [0, 0.05) is 21.8 Å². The van der Waals surface area contributed by atoms with Crippen molar-refractivity contribution in [1.29, 1.82) is 0 Å². The number of nitrogens with one attached hydrogen (secondary N) is 1. The molecule has 0 fully saturated rings. The summed E-state index contributed by atoms with van der Waals surface area (Å²) in [5.74, 6) is 0. The van der Waals surface area contributed by atoms with Crippen molar-refractivity contribution in [3.8, 4) is 0 Å². The molecule has 0 saturated carbocycles. The fourth-order valence-corrected chi connectivity index (χ4v) is 2.18. The first-order valence-corrected chi connectivity index (χ1v) is 6.84. The molecule has 0 atom stereocenters. The van der Waals surface area contributed by atoms with Gasteiger partial charge in [0.05, 0.1) is 13.2 Å². The molecule has 1 aromatic heterocycles. The Morgan fingerprint density at radius 2 is 2.06 bits per heavy atom. The minimum Gasteiger partial charge on any atom is -0.376 e. The predicted octanol–water partition coefficient (Wildman–Crippen LogP) is 3.73. The van der Waals surface area contributed by atoms with Crippen LogP contribution in [0.25, 0.3) is 0 Å². The number of ether oxygens (including phenoxy) is 1. The highest BCUT2D eigenvalue weighted by Crippen LogP contribution is 2.18. The summed E-state index contributed by atoms with van der Waals surface area (Å²) in [6.45, 7) is 12.6. The van der Waals surface area contributed by atoms with Gasteiger partial charge < -0.3 is 10.1 Å². The van der Waals surface area contributed by atoms with E-state index < -0.39 is 0 Å². The van der Waals surface area contributed by atoms with Gasteiger partial charge in [-0.15, -0.1) is 17.9 Å². The minimum absolute atomic E-state index is 0.171. The molecule has 1 rings (SSSR count). The lowest BCUT2D eigenvalue weighted by molar-refractivity contribution is 0.127. The Kier molecular flexibility index (Phi) is 5.89. The monoisotopic (exact) mass is 253 g/mol. The number of thiophene rings is 1. The van der Waals surface area contributed by atoms with Gasteiger partial charge in [-0.1, -0.05) is 6.08 Å². The van der Waals surface area contributed by atoms with E-state index in [0.29, 0.717) is 6.61 Å². The Labute approximate surface area is 109 Å². The summed E-state index contributed by atoms with van der Waals surface area (Å²) in [6.07, 6.45) is 2.80. The van der Waals surface area contributed by atoms with Crippen LogP contribution in [-0.4, -0.2) is 12.1 Å². The molecule has 2 nitrogen and oxygen atoms in total. The number of rotatable bonds is 7. The summed E-state index contributed by atoms with van der Waals surface area (Å²) in [5.41, 5.74) is 0.171. The normalized spacial score (nSPS) is 11.7. The fraction of sp³-hybridized carbons (Fsp3) is 0.571. The Hall–Kier alpha value is -0.640. The molecule has 0 saturated heterocycles. The van der Waals surface area contributed by atoms with Crippen LogP contribution in [0.2, 0.25) is 0 Å². The average Bonchev–Trinajstić information content (AvgIpc) is 2.69. The molecule has 0 aromatic carbocycles. The van der Waals surface area contributed by atoms with Crippen LogP contribution in [0.4, 0.5) is 0 Å². The van der Waals surface area contributed by atoms with Gasteiger partial charge in [-0.3, -0.25) is 0 Å². The van der Waals surface area contributed by atoms with Gasteiger partial charge in [0.2, 0.25) is 0 Å². The van der Waals surface area contributed by atoms with Gasteiger partial charge in [-0.05, 0) is 39.3 Å². The molecule has 0 aliphatic heterocycles. The first-order chi connectivity index (χ1) is 8.01. The maximum absolute atomic E-state index is 5.54. The molecule has 1 heterocycles. The fourth-order valence-electron chi connectivity index (χ4n) is 1.29. The van der Waals surface area contributed by atoms with Crippen molar-refractivity contribution in [3.05, 3.63) is 34.5 Å². The zero-order valence-electron chi connectivity index (χ0n) is 11.1. The Morgan fingerprint density at radius 1 is 1.35 bits per heavy atom. The van der Waals surface area contributed by atoms with Crippen molar-refractivity contribution >= 4 is 11.3 Å². The summed E-state index contributed by atoms with van der Waals surface area (Å²) in [6, 6.07) is 4.33. The van der Waals surface area contributed by atoms with Gasteiger partial charge in [0.1, 0.15) is 0 Å². The minimum atomic E-state index is 0.171. The largest absolute Gasteiger partial charge is 0.376 e. The highest BCUT2D eigenvalue weighted by Gasteiger charge is 2.09. The van der Waals surface area contributed by atoms with E-state index in [1.807, 2.05) is 17.4 Å². The number of hydrogen-bond donors (Lipinski definition) is 1. The highest BCUT2D eigenvalue weighted by atomic mass is 32.1. The molecular formula is C14H23NOS. The molecule has 96 valence electrons. The molecule has 0 bridgehead atoms. The van der Waals surface area contributed by atoms with Crippen molar-refractivity contribution in [3.63, 3.8) is 0 Å². The third-order valence-electron chi connectivity index (χ3n) is 2.22. The third kappa shape index (κ3) is 6.61. The quantitative estimate of drug-likeness (QED) is 0.590. The van der Waals surface area contributed by atoms with E-state index in [1.54, 1.807) is 0 Å². The first-order valence-electron chi connectivity index (χ1n) is 6.02. The Bertz CT molecular complexity index is 338. The molecule has 0 unspecified atom stereocenters. The van der Waals surface area contributed by atoms with Crippen molar-refractivity contribution in [1.82, 2.24) is 5.32 Å². The number of hydrogen-bond acceptors (Lipinski definition) is 3. The van der Waals surface area contributed by atoms with Crippen LogP contribution in [-0.2, 0) is 17.9 Å². The molecule has 3 heteroatoms. The summed E-state index contributed by atoms with van der Waals surface area (Å²) in [5, 5.41) is 3.48. The van der Waals surface area contributed by atoms with Gasteiger partial charge in [0.15, 0.2) is 0 Å². The standard InChI is InChI=1S/C14H23NOS/c1-5-6-9-16-11-13-8-7-12(17-13)10-15-14(2,3)4/h5,7-8,15H,1,6,9-11H2,2-4H3. The topological polar surface area (TPSA) is 21.3 Å². The lowest BCUT2D eigenvalue weighted by atomic mass is 10.1. The van der Waals surface area contributed by atoms with Crippen LogP contribution >= 0.6 is 11.3 Å². The van der Waals surface area contributed by atoms with Crippen LogP contribution in [0, 0.1) is 0 Å². The van der Waals surface area contributed by atoms with E-state index in [4.69, 9.17) is 4.74 Å². The molecule has 1 aromatic rings. The molecular weight excluding hydrogens is 230 g/mol. The molecule has 0 radical (unpaired) electrons. The van der Waals surface area contributed by atoms with Crippen LogP contribution in [0.5, 0.6) is 0 Å². The maximum atomic E-state index is 5.54. The summed E-state index contributed by atoms with van der Waals surface area (Å²) in [4.78, 5) is 2.65. The van der Waals surface area contributed by atoms with E-state index in [-0.39, 0.29) is 5.54 Å². The Balaban J connectivity index is 2.30. The SMILES string of the molecule is C=CCCOCc1ccc(CNC(C)(C)C)s1.